The lowest BCUT2D eigenvalue weighted by molar-refractivity contribution is -0.0254. The molecule has 0 aromatic heterocycles. The first-order valence-corrected chi connectivity index (χ1v) is 15.0. The first-order valence-electron chi connectivity index (χ1n) is 15.0. The molecular weight excluding hydrogens is 538 g/mol. The number of nitrogens with zero attached hydrogens (tertiary/aromatic N) is 1. The van der Waals surface area contributed by atoms with Crippen LogP contribution in [0, 0.1) is 0 Å². The van der Waals surface area contributed by atoms with E-state index in [1.807, 2.05) is 20.8 Å². The van der Waals surface area contributed by atoms with E-state index in [0.29, 0.717) is 119 Å². The molecule has 0 radical (unpaired) electrons. The minimum atomic E-state index is -0.504. The highest BCUT2D eigenvalue weighted by Gasteiger charge is 2.19. The minimum absolute atomic E-state index is 0.360. The van der Waals surface area contributed by atoms with Crippen molar-refractivity contribution in [1.29, 1.82) is 0 Å². The summed E-state index contributed by atoms with van der Waals surface area (Å²) < 4.78 is 54.5. The van der Waals surface area contributed by atoms with E-state index in [-0.39, 0.29) is 6.09 Å². The minimum Gasteiger partial charge on any atom is -0.444 e. The highest BCUT2D eigenvalue weighted by molar-refractivity contribution is 5.67. The van der Waals surface area contributed by atoms with Crippen molar-refractivity contribution < 1.29 is 52.2 Å². The van der Waals surface area contributed by atoms with Gasteiger partial charge in [0.05, 0.1) is 112 Å². The normalized spacial score (nSPS) is 11.7. The van der Waals surface area contributed by atoms with E-state index in [4.69, 9.17) is 47.4 Å². The van der Waals surface area contributed by atoms with E-state index in [2.05, 4.69) is 6.92 Å². The molecule has 0 fully saturated rings. The summed E-state index contributed by atoms with van der Waals surface area (Å²) in [5, 5.41) is 0. The molecule has 0 aliphatic rings. The molecule has 0 aliphatic heterocycles. The molecule has 0 atom stereocenters. The van der Waals surface area contributed by atoms with Crippen LogP contribution in [0.4, 0.5) is 4.79 Å². The molecule has 12 nitrogen and oxygen atoms in total. The highest BCUT2D eigenvalue weighted by atomic mass is 16.6. The molecule has 1 amide bonds. The molecule has 0 unspecified atom stereocenters. The lowest BCUT2D eigenvalue weighted by Crippen LogP contribution is -2.36. The van der Waals surface area contributed by atoms with Gasteiger partial charge >= 0.3 is 6.09 Å². The van der Waals surface area contributed by atoms with Crippen LogP contribution in [0.2, 0.25) is 0 Å². The van der Waals surface area contributed by atoms with Gasteiger partial charge in [-0.3, -0.25) is 0 Å². The van der Waals surface area contributed by atoms with E-state index >= 15 is 0 Å². The molecule has 0 rings (SSSR count). The number of carbonyl (C=O) groups is 1. The molecule has 0 aromatic carbocycles. The number of rotatable bonds is 31. The van der Waals surface area contributed by atoms with Crippen LogP contribution in [-0.2, 0) is 47.4 Å². The third-order valence-corrected chi connectivity index (χ3v) is 5.14. The van der Waals surface area contributed by atoms with Crippen LogP contribution in [0.15, 0.2) is 0 Å². The van der Waals surface area contributed by atoms with Crippen molar-refractivity contribution in [3.63, 3.8) is 0 Å². The van der Waals surface area contributed by atoms with E-state index in [1.54, 1.807) is 7.05 Å². The maximum absolute atomic E-state index is 11.8. The number of ether oxygens (including phenoxy) is 10. The van der Waals surface area contributed by atoms with Crippen LogP contribution in [-0.4, -0.2) is 149 Å². The molecule has 0 saturated carbocycles. The monoisotopic (exact) mass is 597 g/mol. The van der Waals surface area contributed by atoms with Crippen molar-refractivity contribution in [1.82, 2.24) is 4.90 Å². The smallest absolute Gasteiger partial charge is 0.410 e. The van der Waals surface area contributed by atoms with Gasteiger partial charge in [-0.1, -0.05) is 19.8 Å². The summed E-state index contributed by atoms with van der Waals surface area (Å²) in [5.74, 6) is 0. The van der Waals surface area contributed by atoms with E-state index in [9.17, 15) is 4.79 Å². The third-order valence-electron chi connectivity index (χ3n) is 5.14. The molecule has 246 valence electrons. The Morgan fingerprint density at radius 3 is 1.07 bits per heavy atom. The Bertz CT molecular complexity index is 549. The lowest BCUT2D eigenvalue weighted by Gasteiger charge is -2.24. The van der Waals surface area contributed by atoms with Crippen LogP contribution < -0.4 is 0 Å². The zero-order valence-corrected chi connectivity index (χ0v) is 26.5. The number of likely N-dealkylation sites (N-methyl/N-ethyl adjacent to an activating group) is 1. The Labute approximate surface area is 248 Å². The van der Waals surface area contributed by atoms with Gasteiger partial charge in [0.25, 0.3) is 0 Å². The van der Waals surface area contributed by atoms with Gasteiger partial charge in [0.1, 0.15) is 5.60 Å². The maximum atomic E-state index is 11.8. The summed E-state index contributed by atoms with van der Waals surface area (Å²) in [7, 11) is 1.68. The van der Waals surface area contributed by atoms with Gasteiger partial charge in [0.15, 0.2) is 0 Å². The Kier molecular flexibility index (Phi) is 29.6. The average Bonchev–Trinajstić information content (AvgIpc) is 2.93. The molecule has 0 aliphatic carbocycles. The first kappa shape index (κ1) is 39.9. The predicted molar refractivity (Wildman–Crippen MR) is 156 cm³/mol. The van der Waals surface area contributed by atoms with E-state index in [0.717, 1.165) is 13.0 Å². The number of amides is 1. The molecule has 0 spiro atoms. The Balaban J connectivity index is 3.15. The highest BCUT2D eigenvalue weighted by Crippen LogP contribution is 2.08. The summed E-state index contributed by atoms with van der Waals surface area (Å²) in [4.78, 5) is 13.3. The Morgan fingerprint density at radius 2 is 0.780 bits per heavy atom. The third kappa shape index (κ3) is 33.3. The molecular formula is C29H59NO11. The van der Waals surface area contributed by atoms with Gasteiger partial charge in [-0.2, -0.15) is 0 Å². The van der Waals surface area contributed by atoms with Crippen molar-refractivity contribution in [2.45, 2.75) is 52.6 Å². The van der Waals surface area contributed by atoms with Crippen molar-refractivity contribution in [3.8, 4) is 0 Å². The fourth-order valence-corrected chi connectivity index (χ4v) is 2.95. The van der Waals surface area contributed by atoms with Gasteiger partial charge in [-0.25, -0.2) is 4.79 Å². The second-order valence-electron chi connectivity index (χ2n) is 10.1. The zero-order chi connectivity index (χ0) is 30.3. The van der Waals surface area contributed by atoms with Crippen LogP contribution in [0.25, 0.3) is 0 Å². The van der Waals surface area contributed by atoms with Gasteiger partial charge in [0, 0.05) is 20.2 Å². The maximum Gasteiger partial charge on any atom is 0.410 e. The SMILES string of the molecule is CCCCCOCCOCCOCCOCCOCCOCCOCCOCCOCCN(C)C(=O)OC(C)(C)C. The van der Waals surface area contributed by atoms with Crippen molar-refractivity contribution >= 4 is 6.09 Å². The summed E-state index contributed by atoms with van der Waals surface area (Å²) in [6.07, 6.45) is 3.18. The fraction of sp³-hybridized carbons (Fsp3) is 0.966. The van der Waals surface area contributed by atoms with Crippen molar-refractivity contribution in [2.24, 2.45) is 0 Å². The molecule has 0 N–H and O–H groups in total. The lowest BCUT2D eigenvalue weighted by atomic mass is 10.2. The molecule has 0 saturated heterocycles. The number of hydrogen-bond acceptors (Lipinski definition) is 11. The van der Waals surface area contributed by atoms with Gasteiger partial charge in [-0.15, -0.1) is 0 Å². The second kappa shape index (κ2) is 30.4. The van der Waals surface area contributed by atoms with E-state index in [1.165, 1.54) is 17.7 Å². The second-order valence-corrected chi connectivity index (χ2v) is 10.1. The Hall–Kier alpha value is -1.09. The topological polar surface area (TPSA) is 113 Å². The number of hydrogen-bond donors (Lipinski definition) is 0. The van der Waals surface area contributed by atoms with Crippen LogP contribution in [0.1, 0.15) is 47.0 Å². The number of unbranched alkanes of at least 4 members (excludes halogenated alkanes) is 2. The number of carbonyl (C=O) groups excluding carboxylic acids is 1. The van der Waals surface area contributed by atoms with Crippen LogP contribution >= 0.6 is 0 Å². The summed E-state index contributed by atoms with van der Waals surface area (Å²) >= 11 is 0. The van der Waals surface area contributed by atoms with Gasteiger partial charge in [-0.05, 0) is 27.2 Å². The van der Waals surface area contributed by atoms with Crippen molar-refractivity contribution in [2.75, 3.05) is 133 Å². The molecule has 0 aromatic rings. The van der Waals surface area contributed by atoms with Crippen molar-refractivity contribution in [3.05, 3.63) is 0 Å². The Morgan fingerprint density at radius 1 is 0.488 bits per heavy atom. The first-order chi connectivity index (χ1) is 19.9. The summed E-state index contributed by atoms with van der Waals surface area (Å²) in [6, 6.07) is 0. The standard InChI is InChI=1S/C29H59NO11/c1-6-7-8-10-32-12-14-34-16-18-36-20-22-38-24-26-40-27-25-39-23-21-37-19-17-35-15-13-33-11-9-30(5)28(31)41-29(2,3)4/h6-27H2,1-5H3. The molecule has 41 heavy (non-hydrogen) atoms. The molecule has 0 heterocycles. The quantitative estimate of drug-likeness (QED) is 0.110. The van der Waals surface area contributed by atoms with Gasteiger partial charge < -0.3 is 52.3 Å². The van der Waals surface area contributed by atoms with Gasteiger partial charge in [0.2, 0.25) is 0 Å². The summed E-state index contributed by atoms with van der Waals surface area (Å²) in [6.45, 7) is 17.8. The molecule has 12 heteroatoms. The van der Waals surface area contributed by atoms with Crippen LogP contribution in [0.5, 0.6) is 0 Å². The average molecular weight is 598 g/mol. The zero-order valence-electron chi connectivity index (χ0n) is 26.5. The molecule has 0 bridgehead atoms. The van der Waals surface area contributed by atoms with Crippen LogP contribution in [0.3, 0.4) is 0 Å². The predicted octanol–water partition coefficient (Wildman–Crippen LogP) is 3.19. The largest absolute Gasteiger partial charge is 0.444 e. The summed E-state index contributed by atoms with van der Waals surface area (Å²) in [5.41, 5.74) is -0.504. The fourth-order valence-electron chi connectivity index (χ4n) is 2.95. The van der Waals surface area contributed by atoms with E-state index < -0.39 is 5.60 Å².